The van der Waals surface area contributed by atoms with Gasteiger partial charge in [-0.1, -0.05) is 63.6 Å². The van der Waals surface area contributed by atoms with E-state index >= 15 is 0 Å². The second-order valence-corrected chi connectivity index (χ2v) is 7.07. The first kappa shape index (κ1) is 18.6. The Bertz CT molecular complexity index is 347. The molecule has 0 aliphatic heterocycles. The first-order chi connectivity index (χ1) is 10.3. The number of rotatable bonds is 12. The van der Waals surface area contributed by atoms with Crippen LogP contribution in [-0.2, 0) is 0 Å². The van der Waals surface area contributed by atoms with Crippen LogP contribution in [0.25, 0.3) is 0 Å². The van der Waals surface area contributed by atoms with E-state index in [0.29, 0.717) is 6.04 Å². The Kier molecular flexibility index (Phi) is 10.7. The number of hydrogen-bond donors (Lipinski definition) is 1. The topological polar surface area (TPSA) is 12.0 Å². The number of unbranched alkanes of at least 4 members (excludes halogenated alkanes) is 4. The van der Waals surface area contributed by atoms with Gasteiger partial charge in [0, 0.05) is 16.7 Å². The third kappa shape index (κ3) is 9.21. The lowest BCUT2D eigenvalue weighted by Gasteiger charge is -2.18. The van der Waals surface area contributed by atoms with Gasteiger partial charge >= 0.3 is 0 Å². The minimum absolute atomic E-state index is 0.665. The van der Waals surface area contributed by atoms with Gasteiger partial charge in [0.1, 0.15) is 0 Å². The molecule has 2 heteroatoms. The number of benzene rings is 1. The molecule has 120 valence electrons. The third-order valence-corrected chi connectivity index (χ3v) is 4.99. The van der Waals surface area contributed by atoms with Gasteiger partial charge in [-0.3, -0.25) is 0 Å². The molecule has 1 atom stereocenters. The lowest BCUT2D eigenvalue weighted by Crippen LogP contribution is -2.31. The normalized spacial score (nSPS) is 12.5. The molecule has 0 amide bonds. The number of hydrogen-bond acceptors (Lipinski definition) is 2. The molecule has 0 aliphatic rings. The van der Waals surface area contributed by atoms with Crippen molar-refractivity contribution in [2.75, 3.05) is 12.3 Å². The van der Waals surface area contributed by atoms with Crippen molar-refractivity contribution in [2.45, 2.75) is 76.7 Å². The highest BCUT2D eigenvalue weighted by Crippen LogP contribution is 2.21. The molecule has 1 rings (SSSR count). The maximum Gasteiger partial charge on any atom is 0.0161 e. The molecule has 0 bridgehead atoms. The minimum Gasteiger partial charge on any atom is -0.313 e. The molecule has 1 nitrogen and oxygen atoms in total. The van der Waals surface area contributed by atoms with Crippen molar-refractivity contribution < 1.29 is 0 Å². The highest BCUT2D eigenvalue weighted by molar-refractivity contribution is 7.99. The standard InChI is InChI=1S/C19H33NS/c1-4-6-7-8-9-10-18(20-15-5-2)16-21-19-13-11-17(3)12-14-19/h11-14,18,20H,4-10,15-16H2,1-3H3. The molecule has 0 radical (unpaired) electrons. The van der Waals surface area contributed by atoms with Crippen LogP contribution in [-0.4, -0.2) is 18.3 Å². The lowest BCUT2D eigenvalue weighted by molar-refractivity contribution is 0.485. The molecule has 0 fully saturated rings. The first-order valence-corrected chi connectivity index (χ1v) is 9.67. The third-order valence-electron chi connectivity index (χ3n) is 3.81. The van der Waals surface area contributed by atoms with E-state index in [4.69, 9.17) is 0 Å². The van der Waals surface area contributed by atoms with Gasteiger partial charge < -0.3 is 5.32 Å². The highest BCUT2D eigenvalue weighted by Gasteiger charge is 2.08. The number of aryl methyl sites for hydroxylation is 1. The molecule has 1 aromatic carbocycles. The van der Waals surface area contributed by atoms with Crippen LogP contribution in [0.2, 0.25) is 0 Å². The van der Waals surface area contributed by atoms with Gasteiger partial charge in [-0.25, -0.2) is 0 Å². The fraction of sp³-hybridized carbons (Fsp3) is 0.684. The second-order valence-electron chi connectivity index (χ2n) is 5.98. The van der Waals surface area contributed by atoms with Crippen LogP contribution in [0.5, 0.6) is 0 Å². The summed E-state index contributed by atoms with van der Waals surface area (Å²) in [6, 6.07) is 9.58. The molecule has 0 saturated heterocycles. The maximum atomic E-state index is 3.72. The largest absolute Gasteiger partial charge is 0.313 e. The van der Waals surface area contributed by atoms with Crippen molar-refractivity contribution in [1.29, 1.82) is 0 Å². The van der Waals surface area contributed by atoms with Crippen LogP contribution >= 0.6 is 11.8 Å². The van der Waals surface area contributed by atoms with E-state index in [-0.39, 0.29) is 0 Å². The van der Waals surface area contributed by atoms with Crippen molar-refractivity contribution in [3.05, 3.63) is 29.8 Å². The summed E-state index contributed by atoms with van der Waals surface area (Å²) in [5.74, 6) is 1.19. The summed E-state index contributed by atoms with van der Waals surface area (Å²) in [7, 11) is 0. The van der Waals surface area contributed by atoms with Crippen LogP contribution in [0, 0.1) is 6.92 Å². The fourth-order valence-corrected chi connectivity index (χ4v) is 3.43. The maximum absolute atomic E-state index is 3.72. The summed E-state index contributed by atoms with van der Waals surface area (Å²) < 4.78 is 0. The number of nitrogens with one attached hydrogen (secondary N) is 1. The average Bonchev–Trinajstić information content (AvgIpc) is 2.50. The van der Waals surface area contributed by atoms with Crippen LogP contribution in [0.1, 0.15) is 64.4 Å². The number of thioether (sulfide) groups is 1. The van der Waals surface area contributed by atoms with Gasteiger partial charge in [-0.15, -0.1) is 11.8 Å². The Morgan fingerprint density at radius 1 is 0.952 bits per heavy atom. The molecule has 0 spiro atoms. The molecule has 21 heavy (non-hydrogen) atoms. The zero-order valence-electron chi connectivity index (χ0n) is 14.2. The second kappa shape index (κ2) is 12.1. The van der Waals surface area contributed by atoms with E-state index in [9.17, 15) is 0 Å². The molecule has 0 heterocycles. The Morgan fingerprint density at radius 2 is 1.67 bits per heavy atom. The molecule has 1 aromatic rings. The van der Waals surface area contributed by atoms with E-state index in [1.807, 2.05) is 11.8 Å². The Hall–Kier alpha value is -0.470. The highest BCUT2D eigenvalue weighted by atomic mass is 32.2. The molecular weight excluding hydrogens is 274 g/mol. The van der Waals surface area contributed by atoms with Crippen LogP contribution in [0.3, 0.4) is 0 Å². The molecule has 1 N–H and O–H groups in total. The van der Waals surface area contributed by atoms with Crippen molar-refractivity contribution in [1.82, 2.24) is 5.32 Å². The van der Waals surface area contributed by atoms with Crippen LogP contribution < -0.4 is 5.32 Å². The quantitative estimate of drug-likeness (QED) is 0.386. The smallest absolute Gasteiger partial charge is 0.0161 e. The first-order valence-electron chi connectivity index (χ1n) is 8.69. The summed E-state index contributed by atoms with van der Waals surface area (Å²) in [5.41, 5.74) is 1.34. The fourth-order valence-electron chi connectivity index (χ4n) is 2.42. The van der Waals surface area contributed by atoms with Gasteiger partial charge in [0.25, 0.3) is 0 Å². The van der Waals surface area contributed by atoms with Crippen LogP contribution in [0.15, 0.2) is 29.2 Å². The molecule has 1 unspecified atom stereocenters. The molecular formula is C19H33NS. The Labute approximate surface area is 136 Å². The van der Waals surface area contributed by atoms with E-state index < -0.39 is 0 Å². The van der Waals surface area contributed by atoms with Crippen molar-refractivity contribution in [3.63, 3.8) is 0 Å². The summed E-state index contributed by atoms with van der Waals surface area (Å²) in [6.07, 6.45) is 9.45. The van der Waals surface area contributed by atoms with E-state index in [1.54, 1.807) is 0 Å². The van der Waals surface area contributed by atoms with Gasteiger partial charge in [-0.2, -0.15) is 0 Å². The molecule has 0 aliphatic carbocycles. The Morgan fingerprint density at radius 3 is 2.33 bits per heavy atom. The van der Waals surface area contributed by atoms with Gasteiger partial charge in [0.2, 0.25) is 0 Å². The zero-order valence-corrected chi connectivity index (χ0v) is 15.0. The van der Waals surface area contributed by atoms with E-state index in [2.05, 4.69) is 50.4 Å². The molecule has 0 aromatic heterocycles. The van der Waals surface area contributed by atoms with Crippen molar-refractivity contribution in [2.24, 2.45) is 0 Å². The lowest BCUT2D eigenvalue weighted by atomic mass is 10.1. The average molecular weight is 308 g/mol. The summed E-state index contributed by atoms with van der Waals surface area (Å²) >= 11 is 1.99. The van der Waals surface area contributed by atoms with Gasteiger partial charge in [0.05, 0.1) is 0 Å². The molecule has 0 saturated carbocycles. The SMILES string of the molecule is CCCCCCCC(CSc1ccc(C)cc1)NCCC. The van der Waals surface area contributed by atoms with Crippen molar-refractivity contribution >= 4 is 11.8 Å². The summed E-state index contributed by atoms with van der Waals surface area (Å²) in [5, 5.41) is 3.72. The minimum atomic E-state index is 0.665. The van der Waals surface area contributed by atoms with E-state index in [0.717, 1.165) is 6.54 Å². The van der Waals surface area contributed by atoms with Crippen molar-refractivity contribution in [3.8, 4) is 0 Å². The monoisotopic (exact) mass is 307 g/mol. The van der Waals surface area contributed by atoms with Gasteiger partial charge in [-0.05, 0) is 38.4 Å². The summed E-state index contributed by atoms with van der Waals surface area (Å²) in [4.78, 5) is 1.40. The predicted octanol–water partition coefficient (Wildman–Crippen LogP) is 5.82. The predicted molar refractivity (Wildman–Crippen MR) is 97.4 cm³/mol. The van der Waals surface area contributed by atoms with Crippen LogP contribution in [0.4, 0.5) is 0 Å². The van der Waals surface area contributed by atoms with E-state index in [1.165, 1.54) is 61.2 Å². The summed E-state index contributed by atoms with van der Waals surface area (Å²) in [6.45, 7) is 7.83. The van der Waals surface area contributed by atoms with Gasteiger partial charge in [0.15, 0.2) is 0 Å². The Balaban J connectivity index is 2.29. The zero-order chi connectivity index (χ0) is 15.3.